The molecule has 0 bridgehead atoms. The maximum atomic E-state index is 12.2. The second-order valence-corrected chi connectivity index (χ2v) is 9.22. The van der Waals surface area contributed by atoms with Crippen molar-refractivity contribution in [2.45, 2.75) is 39.5 Å². The Morgan fingerprint density at radius 1 is 1.29 bits per heavy atom. The molecule has 2 aliphatic rings. The minimum atomic E-state index is -0.0168. The quantitative estimate of drug-likeness (QED) is 0.658. The van der Waals surface area contributed by atoms with Crippen molar-refractivity contribution in [1.82, 2.24) is 20.4 Å². The van der Waals surface area contributed by atoms with E-state index in [9.17, 15) is 9.59 Å². The highest BCUT2D eigenvalue weighted by molar-refractivity contribution is 7.19. The number of nitrogens with one attached hydrogen (secondary N) is 1. The molecule has 8 nitrogen and oxygen atoms in total. The zero-order valence-corrected chi connectivity index (χ0v) is 18.0. The molecular formula is C19H32N6O2S. The molecule has 2 aliphatic heterocycles. The maximum Gasteiger partial charge on any atom is 0.239 e. The summed E-state index contributed by atoms with van der Waals surface area (Å²) in [4.78, 5) is 30.0. The number of nitrogens with zero attached hydrogens (tertiary/aromatic N) is 5. The fourth-order valence-corrected chi connectivity index (χ4v) is 5.02. The van der Waals surface area contributed by atoms with Crippen LogP contribution in [0.4, 0.5) is 10.3 Å². The zero-order valence-electron chi connectivity index (χ0n) is 17.2. The smallest absolute Gasteiger partial charge is 0.239 e. The van der Waals surface area contributed by atoms with E-state index in [1.54, 1.807) is 9.80 Å². The molecule has 1 N–H and O–H groups in total. The fraction of sp³-hybridized carbons (Fsp3) is 0.789. The average Bonchev–Trinajstić information content (AvgIpc) is 3.26. The Hall–Kier alpha value is -1.74. The van der Waals surface area contributed by atoms with Crippen LogP contribution in [0, 0.1) is 11.8 Å². The first-order valence-corrected chi connectivity index (χ1v) is 11.1. The van der Waals surface area contributed by atoms with E-state index in [1.165, 1.54) is 30.8 Å². The number of rotatable bonds is 8. The molecule has 1 aromatic heterocycles. The number of piperidine rings is 1. The van der Waals surface area contributed by atoms with Crippen LogP contribution in [0.1, 0.15) is 39.5 Å². The SMILES string of the molecule is C[C@@H]1C[C@H](C)CN(CCCNC(=O)CN(C)c2nnc(N3CCCC3=O)s2)C1. The Morgan fingerprint density at radius 2 is 2.04 bits per heavy atom. The van der Waals surface area contributed by atoms with E-state index in [-0.39, 0.29) is 18.4 Å². The minimum Gasteiger partial charge on any atom is -0.355 e. The lowest BCUT2D eigenvalue weighted by atomic mass is 9.92. The first kappa shape index (κ1) is 21.0. The molecule has 9 heteroatoms. The van der Waals surface area contributed by atoms with Crippen LogP contribution in [0.15, 0.2) is 0 Å². The van der Waals surface area contributed by atoms with Crippen molar-refractivity contribution in [2.24, 2.45) is 11.8 Å². The number of likely N-dealkylation sites (tertiary alicyclic amines) is 1. The summed E-state index contributed by atoms with van der Waals surface area (Å²) in [5, 5.41) is 12.5. The van der Waals surface area contributed by atoms with Gasteiger partial charge in [-0.2, -0.15) is 0 Å². The summed E-state index contributed by atoms with van der Waals surface area (Å²) < 4.78 is 0. The Labute approximate surface area is 171 Å². The summed E-state index contributed by atoms with van der Waals surface area (Å²) in [5.41, 5.74) is 0. The van der Waals surface area contributed by atoms with Crippen molar-refractivity contribution in [3.8, 4) is 0 Å². The number of anilines is 2. The van der Waals surface area contributed by atoms with Gasteiger partial charge in [-0.15, -0.1) is 10.2 Å². The number of likely N-dealkylation sites (N-methyl/N-ethyl adjacent to an activating group) is 1. The molecular weight excluding hydrogens is 376 g/mol. The summed E-state index contributed by atoms with van der Waals surface area (Å²) >= 11 is 1.35. The Balaban J connectivity index is 1.36. The molecule has 0 radical (unpaired) electrons. The number of amides is 2. The predicted molar refractivity (Wildman–Crippen MR) is 112 cm³/mol. The van der Waals surface area contributed by atoms with E-state index in [4.69, 9.17) is 0 Å². The fourth-order valence-electron chi connectivity index (χ4n) is 4.17. The number of hydrogen-bond acceptors (Lipinski definition) is 7. The van der Waals surface area contributed by atoms with Crippen LogP contribution in [-0.2, 0) is 9.59 Å². The summed E-state index contributed by atoms with van der Waals surface area (Å²) in [6.45, 7) is 9.63. The second-order valence-electron chi connectivity index (χ2n) is 8.28. The number of carbonyl (C=O) groups is 2. The normalized spacial score (nSPS) is 23.2. The van der Waals surface area contributed by atoms with Crippen LogP contribution >= 0.6 is 11.3 Å². The van der Waals surface area contributed by atoms with Crippen LogP contribution in [0.2, 0.25) is 0 Å². The van der Waals surface area contributed by atoms with Crippen molar-refractivity contribution in [3.05, 3.63) is 0 Å². The molecule has 0 aromatic carbocycles. The first-order valence-electron chi connectivity index (χ1n) is 10.3. The number of carbonyl (C=O) groups excluding carboxylic acids is 2. The van der Waals surface area contributed by atoms with Gasteiger partial charge in [0.2, 0.25) is 22.1 Å². The van der Waals surface area contributed by atoms with Crippen LogP contribution in [-0.4, -0.2) is 73.2 Å². The molecule has 2 atom stereocenters. The van der Waals surface area contributed by atoms with Crippen LogP contribution in [0.5, 0.6) is 0 Å². The summed E-state index contributed by atoms with van der Waals surface area (Å²) in [6.07, 6.45) is 3.72. The molecule has 0 saturated carbocycles. The molecule has 0 spiro atoms. The van der Waals surface area contributed by atoms with E-state index in [2.05, 4.69) is 34.3 Å². The van der Waals surface area contributed by atoms with Crippen molar-refractivity contribution in [3.63, 3.8) is 0 Å². The molecule has 3 heterocycles. The molecule has 156 valence electrons. The van der Waals surface area contributed by atoms with Gasteiger partial charge in [-0.1, -0.05) is 25.2 Å². The van der Waals surface area contributed by atoms with Gasteiger partial charge in [0, 0.05) is 39.6 Å². The second kappa shape index (κ2) is 9.65. The number of hydrogen-bond donors (Lipinski definition) is 1. The van der Waals surface area contributed by atoms with Crippen LogP contribution < -0.4 is 15.1 Å². The van der Waals surface area contributed by atoms with Gasteiger partial charge < -0.3 is 15.1 Å². The molecule has 28 heavy (non-hydrogen) atoms. The van der Waals surface area contributed by atoms with Gasteiger partial charge in [-0.3, -0.25) is 14.5 Å². The molecule has 0 aliphatic carbocycles. The van der Waals surface area contributed by atoms with E-state index in [0.29, 0.717) is 29.8 Å². The van der Waals surface area contributed by atoms with Crippen molar-refractivity contribution in [1.29, 1.82) is 0 Å². The van der Waals surface area contributed by atoms with E-state index >= 15 is 0 Å². The van der Waals surface area contributed by atoms with Crippen molar-refractivity contribution < 1.29 is 9.59 Å². The topological polar surface area (TPSA) is 81.7 Å². The van der Waals surface area contributed by atoms with Crippen LogP contribution in [0.3, 0.4) is 0 Å². The molecule has 2 fully saturated rings. The molecule has 0 unspecified atom stereocenters. The van der Waals surface area contributed by atoms with Gasteiger partial charge in [-0.25, -0.2) is 0 Å². The number of aromatic nitrogens is 2. The summed E-state index contributed by atoms with van der Waals surface area (Å²) in [7, 11) is 1.83. The van der Waals surface area contributed by atoms with Crippen LogP contribution in [0.25, 0.3) is 0 Å². The summed E-state index contributed by atoms with van der Waals surface area (Å²) in [5.74, 6) is 1.61. The predicted octanol–water partition coefficient (Wildman–Crippen LogP) is 1.59. The standard InChI is InChI=1S/C19H32N6O2S/c1-14-10-15(2)12-24(11-14)8-5-7-20-16(26)13-23(3)18-21-22-19(28-18)25-9-4-6-17(25)27/h14-15H,4-13H2,1-3H3,(H,20,26)/t14-,15+. The molecule has 2 amide bonds. The third kappa shape index (κ3) is 5.64. The highest BCUT2D eigenvalue weighted by Crippen LogP contribution is 2.29. The molecule has 3 rings (SSSR count). The summed E-state index contributed by atoms with van der Waals surface area (Å²) in [6, 6.07) is 0. The minimum absolute atomic E-state index is 0.0168. The first-order chi connectivity index (χ1) is 13.4. The van der Waals surface area contributed by atoms with E-state index in [0.717, 1.165) is 31.2 Å². The molecule has 1 aromatic rings. The Bertz CT molecular complexity index is 671. The largest absolute Gasteiger partial charge is 0.355 e. The highest BCUT2D eigenvalue weighted by atomic mass is 32.1. The van der Waals surface area contributed by atoms with E-state index in [1.807, 2.05) is 7.05 Å². The van der Waals surface area contributed by atoms with Crippen molar-refractivity contribution >= 4 is 33.4 Å². The lowest BCUT2D eigenvalue weighted by Crippen LogP contribution is -2.41. The van der Waals surface area contributed by atoms with Gasteiger partial charge in [-0.05, 0) is 37.6 Å². The lowest BCUT2D eigenvalue weighted by Gasteiger charge is -2.34. The third-order valence-corrected chi connectivity index (χ3v) is 6.39. The van der Waals surface area contributed by atoms with Gasteiger partial charge in [0.25, 0.3) is 0 Å². The third-order valence-electron chi connectivity index (χ3n) is 5.33. The lowest BCUT2D eigenvalue weighted by molar-refractivity contribution is -0.120. The van der Waals surface area contributed by atoms with E-state index < -0.39 is 0 Å². The highest BCUT2D eigenvalue weighted by Gasteiger charge is 2.26. The van der Waals surface area contributed by atoms with Crippen molar-refractivity contribution in [2.75, 3.05) is 56.1 Å². The Morgan fingerprint density at radius 3 is 2.71 bits per heavy atom. The van der Waals surface area contributed by atoms with Gasteiger partial charge in [0.05, 0.1) is 6.54 Å². The maximum absolute atomic E-state index is 12.2. The Kier molecular flexibility index (Phi) is 7.23. The van der Waals surface area contributed by atoms with Gasteiger partial charge in [0.15, 0.2) is 0 Å². The zero-order chi connectivity index (χ0) is 20.1. The van der Waals surface area contributed by atoms with Gasteiger partial charge >= 0.3 is 0 Å². The van der Waals surface area contributed by atoms with Gasteiger partial charge in [0.1, 0.15) is 0 Å². The monoisotopic (exact) mass is 408 g/mol. The molecule has 2 saturated heterocycles. The average molecular weight is 409 g/mol.